The van der Waals surface area contributed by atoms with Crippen molar-refractivity contribution in [1.29, 1.82) is 0 Å². The van der Waals surface area contributed by atoms with Crippen molar-refractivity contribution in [3.63, 3.8) is 0 Å². The summed E-state index contributed by atoms with van der Waals surface area (Å²) in [5.74, 6) is 3.82. The predicted octanol–water partition coefficient (Wildman–Crippen LogP) is 6.50. The molecule has 4 saturated carbocycles. The molecule has 4 fully saturated rings. The lowest BCUT2D eigenvalue weighted by Crippen LogP contribution is -2.54. The molecule has 4 aliphatic carbocycles. The van der Waals surface area contributed by atoms with E-state index in [-0.39, 0.29) is 0 Å². The second-order valence-corrected chi connectivity index (χ2v) is 17.1. The summed E-state index contributed by atoms with van der Waals surface area (Å²) in [4.78, 5) is 10.5. The predicted molar refractivity (Wildman–Crippen MR) is 133 cm³/mol. The molecule has 0 N–H and O–H groups in total. The quantitative estimate of drug-likeness (QED) is 0.257. The monoisotopic (exact) mass is 462 g/mol. The Labute approximate surface area is 196 Å². The van der Waals surface area contributed by atoms with Gasteiger partial charge in [0.25, 0.3) is 0 Å². The maximum Gasteiger partial charge on any atom is 0.184 e. The molecule has 6 heteroatoms. The Balaban J connectivity index is 1.53. The number of rotatable bonds is 6. The van der Waals surface area contributed by atoms with Crippen LogP contribution in [0.2, 0.25) is 19.6 Å². The van der Waals surface area contributed by atoms with Crippen LogP contribution in [0.15, 0.2) is 10.3 Å². The van der Waals surface area contributed by atoms with Crippen LogP contribution in [0.3, 0.4) is 0 Å². The molecule has 0 aromatic carbocycles. The molecular formula is C26H46N2O3Si. The molecule has 0 heterocycles. The topological polar surface area (TPSA) is 52.4 Å². The van der Waals surface area contributed by atoms with Gasteiger partial charge in [-0.05, 0) is 112 Å². The fourth-order valence-corrected chi connectivity index (χ4v) is 9.00. The molecular weight excluding hydrogens is 416 g/mol. The molecule has 0 spiro atoms. The summed E-state index contributed by atoms with van der Waals surface area (Å²) >= 11 is 0. The number of oxime groups is 2. The first-order chi connectivity index (χ1) is 15.1. The van der Waals surface area contributed by atoms with E-state index in [0.717, 1.165) is 42.2 Å². The van der Waals surface area contributed by atoms with E-state index in [2.05, 4.69) is 43.8 Å². The van der Waals surface area contributed by atoms with Gasteiger partial charge in [-0.3, -0.25) is 0 Å². The molecule has 0 radical (unpaired) electrons. The van der Waals surface area contributed by atoms with Gasteiger partial charge in [0.15, 0.2) is 8.32 Å². The summed E-state index contributed by atoms with van der Waals surface area (Å²) in [6.07, 6.45) is 11.6. The van der Waals surface area contributed by atoms with Crippen molar-refractivity contribution in [2.45, 2.75) is 91.3 Å². The minimum absolute atomic E-state index is 0.335. The van der Waals surface area contributed by atoms with E-state index in [9.17, 15) is 0 Å². The van der Waals surface area contributed by atoms with Crippen molar-refractivity contribution < 1.29 is 14.1 Å². The van der Waals surface area contributed by atoms with E-state index in [1.165, 1.54) is 50.7 Å². The zero-order chi connectivity index (χ0) is 23.1. The SMILES string of the molecule is CO/N=C1/CC[C@@]2(C)[C@@H](CC[C@@H]3[C@@H]2CC[C@]2(C)[C@@H](/C(CO[Si](C)(C)C)=N\OC)CC[C@@H]32)C1. The number of hydrogen-bond donors (Lipinski definition) is 0. The zero-order valence-electron chi connectivity index (χ0n) is 21.6. The van der Waals surface area contributed by atoms with Crippen molar-refractivity contribution in [3.05, 3.63) is 0 Å². The number of fused-ring (bicyclic) bond motifs is 5. The fraction of sp³-hybridized carbons (Fsp3) is 0.923. The van der Waals surface area contributed by atoms with E-state index in [4.69, 9.17) is 14.1 Å². The van der Waals surface area contributed by atoms with Gasteiger partial charge in [0.1, 0.15) is 14.2 Å². The molecule has 4 rings (SSSR count). The summed E-state index contributed by atoms with van der Waals surface area (Å²) < 4.78 is 6.31. The van der Waals surface area contributed by atoms with E-state index < -0.39 is 8.32 Å². The molecule has 0 saturated heterocycles. The molecule has 0 aromatic heterocycles. The third-order valence-electron chi connectivity index (χ3n) is 9.98. The van der Waals surface area contributed by atoms with Crippen LogP contribution in [0.25, 0.3) is 0 Å². The summed E-state index contributed by atoms with van der Waals surface area (Å²) in [5, 5.41) is 8.88. The Hall–Kier alpha value is -0.883. The molecule has 0 aromatic rings. The molecule has 4 aliphatic rings. The first-order valence-electron chi connectivity index (χ1n) is 12.9. The second-order valence-electron chi connectivity index (χ2n) is 12.5. The maximum absolute atomic E-state index is 6.31. The van der Waals surface area contributed by atoms with Gasteiger partial charge in [0, 0.05) is 5.92 Å². The van der Waals surface area contributed by atoms with Gasteiger partial charge < -0.3 is 14.1 Å². The van der Waals surface area contributed by atoms with Crippen LogP contribution in [0, 0.1) is 40.4 Å². The average molecular weight is 463 g/mol. The summed E-state index contributed by atoms with van der Waals surface area (Å²) in [6, 6.07) is 0. The summed E-state index contributed by atoms with van der Waals surface area (Å²) in [5.41, 5.74) is 3.26. The van der Waals surface area contributed by atoms with Gasteiger partial charge in [0.05, 0.1) is 18.0 Å². The van der Waals surface area contributed by atoms with E-state index in [1.807, 2.05) is 0 Å². The third-order valence-corrected chi connectivity index (χ3v) is 11.0. The van der Waals surface area contributed by atoms with Crippen LogP contribution in [-0.2, 0) is 14.1 Å². The summed E-state index contributed by atoms with van der Waals surface area (Å²) in [6.45, 7) is 12.6. The standard InChI is InChI=1S/C26H46N2O3Si/c1-25-14-12-19(27-29-3)16-18(25)8-9-20-21-10-11-23(26(21,2)15-13-22(20)25)24(28-30-4)17-31-32(5,6)7/h18,20-23H,8-17H2,1-7H3/b27-19-,28-24-/t18-,20-,21-,22-,23+,25-,26-/m0/s1. The van der Waals surface area contributed by atoms with Crippen LogP contribution >= 0.6 is 0 Å². The highest BCUT2D eigenvalue weighted by molar-refractivity contribution is 6.69. The van der Waals surface area contributed by atoms with Crippen molar-refractivity contribution in [3.8, 4) is 0 Å². The van der Waals surface area contributed by atoms with Crippen LogP contribution in [0.4, 0.5) is 0 Å². The number of hydrogen-bond acceptors (Lipinski definition) is 5. The van der Waals surface area contributed by atoms with Gasteiger partial charge in [-0.25, -0.2) is 0 Å². The highest BCUT2D eigenvalue weighted by Gasteiger charge is 2.60. The Bertz CT molecular complexity index is 748. The van der Waals surface area contributed by atoms with Crippen LogP contribution < -0.4 is 0 Å². The van der Waals surface area contributed by atoms with Gasteiger partial charge in [-0.2, -0.15) is 0 Å². The van der Waals surface area contributed by atoms with Crippen LogP contribution in [0.5, 0.6) is 0 Å². The lowest BCUT2D eigenvalue weighted by atomic mass is 9.44. The van der Waals surface area contributed by atoms with Gasteiger partial charge >= 0.3 is 0 Å². The van der Waals surface area contributed by atoms with E-state index in [1.54, 1.807) is 14.2 Å². The van der Waals surface area contributed by atoms with Gasteiger partial charge in [-0.15, -0.1) is 0 Å². The Kier molecular flexibility index (Phi) is 6.86. The second kappa shape index (κ2) is 9.05. The average Bonchev–Trinajstić information content (AvgIpc) is 3.08. The highest BCUT2D eigenvalue weighted by Crippen LogP contribution is 2.67. The normalized spacial score (nSPS) is 43.4. The maximum atomic E-state index is 6.31. The molecule has 0 amide bonds. The summed E-state index contributed by atoms with van der Waals surface area (Å²) in [7, 11) is 1.78. The molecule has 7 atom stereocenters. The van der Waals surface area contributed by atoms with Crippen molar-refractivity contribution in [2.24, 2.45) is 50.7 Å². The van der Waals surface area contributed by atoms with Crippen molar-refractivity contribution in [2.75, 3.05) is 20.8 Å². The van der Waals surface area contributed by atoms with Crippen LogP contribution in [0.1, 0.15) is 71.6 Å². The van der Waals surface area contributed by atoms with E-state index >= 15 is 0 Å². The molecule has 0 unspecified atom stereocenters. The van der Waals surface area contributed by atoms with Gasteiger partial charge in [0.2, 0.25) is 0 Å². The first kappa shape index (κ1) is 24.2. The van der Waals surface area contributed by atoms with Crippen LogP contribution in [-0.4, -0.2) is 40.6 Å². The third kappa shape index (κ3) is 4.31. The molecule has 5 nitrogen and oxygen atoms in total. The Morgan fingerprint density at radius 1 is 0.938 bits per heavy atom. The molecule has 0 aliphatic heterocycles. The van der Waals surface area contributed by atoms with Gasteiger partial charge in [-0.1, -0.05) is 24.2 Å². The first-order valence-corrected chi connectivity index (χ1v) is 16.4. The Morgan fingerprint density at radius 2 is 1.69 bits per heavy atom. The largest absolute Gasteiger partial charge is 0.412 e. The minimum Gasteiger partial charge on any atom is -0.412 e. The minimum atomic E-state index is -1.59. The molecule has 32 heavy (non-hydrogen) atoms. The number of nitrogens with zero attached hydrogens (tertiary/aromatic N) is 2. The molecule has 182 valence electrons. The van der Waals surface area contributed by atoms with Crippen molar-refractivity contribution >= 4 is 19.7 Å². The lowest BCUT2D eigenvalue weighted by molar-refractivity contribution is -0.0965. The van der Waals surface area contributed by atoms with E-state index in [0.29, 0.717) is 23.4 Å². The lowest BCUT2D eigenvalue weighted by Gasteiger charge is -2.60. The Morgan fingerprint density at radius 3 is 2.38 bits per heavy atom. The van der Waals surface area contributed by atoms with Crippen molar-refractivity contribution in [1.82, 2.24) is 0 Å². The fourth-order valence-electron chi connectivity index (χ4n) is 8.42. The molecule has 0 bridgehead atoms. The smallest absolute Gasteiger partial charge is 0.184 e. The zero-order valence-corrected chi connectivity index (χ0v) is 22.6. The highest BCUT2D eigenvalue weighted by atomic mass is 28.4.